The van der Waals surface area contributed by atoms with Gasteiger partial charge in [-0.25, -0.2) is 13.1 Å². The first kappa shape index (κ1) is 22.3. The fraction of sp³-hybridized carbons (Fsp3) is 0.409. The van der Waals surface area contributed by atoms with E-state index in [4.69, 9.17) is 0 Å². The lowest BCUT2D eigenvalue weighted by Crippen LogP contribution is -2.47. The number of nitrogens with one attached hydrogen (secondary N) is 2. The number of carbonyl (C=O) groups is 1. The van der Waals surface area contributed by atoms with E-state index in [1.807, 2.05) is 6.07 Å². The molecule has 0 aromatic heterocycles. The maximum atomic E-state index is 12.4. The van der Waals surface area contributed by atoms with E-state index < -0.39 is 10.0 Å². The second-order valence-electron chi connectivity index (χ2n) is 7.30. The van der Waals surface area contributed by atoms with Crippen molar-refractivity contribution in [3.05, 3.63) is 60.2 Å². The molecule has 1 heterocycles. The number of para-hydroxylation sites is 1. The zero-order chi connectivity index (χ0) is 21.4. The summed E-state index contributed by atoms with van der Waals surface area (Å²) in [6.07, 6.45) is 0.854. The van der Waals surface area contributed by atoms with Gasteiger partial charge in [-0.1, -0.05) is 31.2 Å². The highest BCUT2D eigenvalue weighted by Gasteiger charge is 2.17. The second kappa shape index (κ2) is 10.6. The van der Waals surface area contributed by atoms with E-state index in [-0.39, 0.29) is 10.8 Å². The molecule has 1 amide bonds. The highest BCUT2D eigenvalue weighted by atomic mass is 32.2. The van der Waals surface area contributed by atoms with Gasteiger partial charge in [-0.2, -0.15) is 0 Å². The third kappa shape index (κ3) is 6.04. The molecular weight excluding hydrogens is 400 g/mol. The van der Waals surface area contributed by atoms with E-state index in [9.17, 15) is 13.2 Å². The van der Waals surface area contributed by atoms with Gasteiger partial charge < -0.3 is 10.2 Å². The van der Waals surface area contributed by atoms with Gasteiger partial charge in [0.2, 0.25) is 10.0 Å². The third-order valence-electron chi connectivity index (χ3n) is 5.17. The number of piperazine rings is 1. The average molecular weight is 431 g/mol. The van der Waals surface area contributed by atoms with E-state index in [1.54, 1.807) is 19.1 Å². The van der Waals surface area contributed by atoms with Crippen LogP contribution in [0.3, 0.4) is 0 Å². The van der Waals surface area contributed by atoms with Crippen molar-refractivity contribution < 1.29 is 13.2 Å². The number of hydrogen-bond acceptors (Lipinski definition) is 5. The van der Waals surface area contributed by atoms with Crippen LogP contribution in [-0.2, 0) is 10.0 Å². The summed E-state index contributed by atoms with van der Waals surface area (Å²) in [5, 5.41) is 2.89. The van der Waals surface area contributed by atoms with Gasteiger partial charge >= 0.3 is 0 Å². The second-order valence-corrected chi connectivity index (χ2v) is 9.07. The molecule has 0 atom stereocenters. The molecule has 2 aromatic rings. The Balaban J connectivity index is 1.40. The molecule has 1 saturated heterocycles. The first-order chi connectivity index (χ1) is 14.5. The van der Waals surface area contributed by atoms with Gasteiger partial charge in [-0.05, 0) is 43.3 Å². The maximum Gasteiger partial charge on any atom is 0.251 e. The van der Waals surface area contributed by atoms with Gasteiger partial charge in [-0.3, -0.25) is 9.69 Å². The van der Waals surface area contributed by atoms with Crippen LogP contribution in [0, 0.1) is 0 Å². The summed E-state index contributed by atoms with van der Waals surface area (Å²) in [6.45, 7) is 7.53. The lowest BCUT2D eigenvalue weighted by molar-refractivity contribution is 0.0951. The number of sulfonamides is 1. The van der Waals surface area contributed by atoms with Crippen LogP contribution in [0.4, 0.5) is 5.69 Å². The van der Waals surface area contributed by atoms with Crippen LogP contribution >= 0.6 is 0 Å². The maximum absolute atomic E-state index is 12.4. The summed E-state index contributed by atoms with van der Waals surface area (Å²) < 4.78 is 26.6. The molecule has 0 spiro atoms. The molecule has 0 bridgehead atoms. The van der Waals surface area contributed by atoms with Crippen molar-refractivity contribution in [1.29, 1.82) is 0 Å². The Bertz CT molecular complexity index is 926. The van der Waals surface area contributed by atoms with Gasteiger partial charge in [0.1, 0.15) is 0 Å². The van der Waals surface area contributed by atoms with Crippen LogP contribution < -0.4 is 14.9 Å². The van der Waals surface area contributed by atoms with E-state index in [0.29, 0.717) is 18.7 Å². The summed E-state index contributed by atoms with van der Waals surface area (Å²) in [7, 11) is -3.57. The molecule has 0 radical (unpaired) electrons. The highest BCUT2D eigenvalue weighted by Crippen LogP contribution is 2.15. The molecule has 0 aliphatic carbocycles. The summed E-state index contributed by atoms with van der Waals surface area (Å²) in [5.74, 6) is -0.252. The van der Waals surface area contributed by atoms with Gasteiger partial charge in [-0.15, -0.1) is 0 Å². The molecule has 30 heavy (non-hydrogen) atoms. The average Bonchev–Trinajstić information content (AvgIpc) is 2.78. The summed E-state index contributed by atoms with van der Waals surface area (Å²) >= 11 is 0. The molecule has 2 aromatic carbocycles. The van der Waals surface area contributed by atoms with Crippen LogP contribution in [0.5, 0.6) is 0 Å². The van der Waals surface area contributed by atoms with Gasteiger partial charge in [0.15, 0.2) is 0 Å². The first-order valence-corrected chi connectivity index (χ1v) is 11.9. The molecule has 3 rings (SSSR count). The normalized spacial score (nSPS) is 15.2. The van der Waals surface area contributed by atoms with Gasteiger partial charge in [0.25, 0.3) is 5.91 Å². The fourth-order valence-electron chi connectivity index (χ4n) is 3.55. The van der Waals surface area contributed by atoms with Crippen molar-refractivity contribution >= 4 is 21.6 Å². The quantitative estimate of drug-likeness (QED) is 0.594. The molecule has 0 unspecified atom stereocenters. The van der Waals surface area contributed by atoms with Crippen molar-refractivity contribution in [2.75, 3.05) is 50.7 Å². The lowest BCUT2D eigenvalue weighted by atomic mass is 10.2. The van der Waals surface area contributed by atoms with Crippen molar-refractivity contribution in [3.63, 3.8) is 0 Å². The van der Waals surface area contributed by atoms with Crippen LogP contribution in [0.15, 0.2) is 59.5 Å². The summed E-state index contributed by atoms with van der Waals surface area (Å²) in [6, 6.07) is 16.6. The number of rotatable bonds is 9. The Morgan fingerprint density at radius 2 is 1.73 bits per heavy atom. The SMILES string of the molecule is CCNS(=O)(=O)c1cccc(C(=O)NCCCN2CCN(c3ccccc3)CC2)c1. The minimum absolute atomic E-state index is 0.105. The molecule has 162 valence electrons. The molecule has 2 N–H and O–H groups in total. The molecule has 7 nitrogen and oxygen atoms in total. The molecule has 1 fully saturated rings. The number of hydrogen-bond donors (Lipinski definition) is 2. The third-order valence-corrected chi connectivity index (χ3v) is 6.71. The number of benzene rings is 2. The van der Waals surface area contributed by atoms with Crippen molar-refractivity contribution in [3.8, 4) is 0 Å². The number of nitrogens with zero attached hydrogens (tertiary/aromatic N) is 2. The van der Waals surface area contributed by atoms with E-state index in [2.05, 4.69) is 44.1 Å². The minimum atomic E-state index is -3.57. The molecule has 1 aliphatic heterocycles. The van der Waals surface area contributed by atoms with Crippen LogP contribution in [0.1, 0.15) is 23.7 Å². The Morgan fingerprint density at radius 1 is 1.00 bits per heavy atom. The predicted octanol–water partition coefficient (Wildman–Crippen LogP) is 1.93. The Morgan fingerprint density at radius 3 is 2.43 bits per heavy atom. The van der Waals surface area contributed by atoms with Crippen molar-refractivity contribution in [2.24, 2.45) is 0 Å². The van der Waals surface area contributed by atoms with E-state index >= 15 is 0 Å². The first-order valence-electron chi connectivity index (χ1n) is 10.4. The van der Waals surface area contributed by atoms with E-state index in [0.717, 1.165) is 39.1 Å². The monoisotopic (exact) mass is 430 g/mol. The Hall–Kier alpha value is -2.42. The number of amides is 1. The van der Waals surface area contributed by atoms with Gasteiger partial charge in [0, 0.05) is 50.5 Å². The zero-order valence-electron chi connectivity index (χ0n) is 17.4. The Labute approximate surface area is 179 Å². The van der Waals surface area contributed by atoms with Crippen molar-refractivity contribution in [1.82, 2.24) is 14.9 Å². The molecule has 8 heteroatoms. The predicted molar refractivity (Wildman–Crippen MR) is 119 cm³/mol. The zero-order valence-corrected chi connectivity index (χ0v) is 18.2. The van der Waals surface area contributed by atoms with Crippen molar-refractivity contribution in [2.45, 2.75) is 18.2 Å². The Kier molecular flexibility index (Phi) is 7.84. The highest BCUT2D eigenvalue weighted by molar-refractivity contribution is 7.89. The smallest absolute Gasteiger partial charge is 0.251 e. The number of anilines is 1. The fourth-order valence-corrected chi connectivity index (χ4v) is 4.64. The van der Waals surface area contributed by atoms with Crippen LogP contribution in [0.25, 0.3) is 0 Å². The summed E-state index contributed by atoms with van der Waals surface area (Å²) in [4.78, 5) is 17.3. The number of carbonyl (C=O) groups excluding carboxylic acids is 1. The lowest BCUT2D eigenvalue weighted by Gasteiger charge is -2.36. The largest absolute Gasteiger partial charge is 0.369 e. The van der Waals surface area contributed by atoms with E-state index in [1.165, 1.54) is 17.8 Å². The summed E-state index contributed by atoms with van der Waals surface area (Å²) in [5.41, 5.74) is 1.62. The molecular formula is C22H30N4O3S. The van der Waals surface area contributed by atoms with Gasteiger partial charge in [0.05, 0.1) is 4.90 Å². The standard InChI is InChI=1S/C22H30N4O3S/c1-2-24-30(28,29)21-11-6-8-19(18-21)22(27)23-12-7-13-25-14-16-26(17-15-25)20-9-4-3-5-10-20/h3-6,8-11,18,24H,2,7,12-17H2,1H3,(H,23,27). The molecule has 0 saturated carbocycles. The van der Waals surface area contributed by atoms with Crippen LogP contribution in [0.2, 0.25) is 0 Å². The van der Waals surface area contributed by atoms with Crippen LogP contribution in [-0.4, -0.2) is 65.0 Å². The topological polar surface area (TPSA) is 81.7 Å². The minimum Gasteiger partial charge on any atom is -0.369 e. The molecule has 1 aliphatic rings.